The first-order chi connectivity index (χ1) is 9.21. The Morgan fingerprint density at radius 2 is 1.95 bits per heavy atom. The van der Waals surface area contributed by atoms with Crippen molar-refractivity contribution in [1.29, 1.82) is 0 Å². The van der Waals surface area contributed by atoms with E-state index in [-0.39, 0.29) is 36.0 Å². The molecular weight excluding hydrogens is 284 g/mol. The van der Waals surface area contributed by atoms with Crippen LogP contribution in [0.3, 0.4) is 0 Å². The first kappa shape index (κ1) is 15.1. The molecule has 0 aromatic carbocycles. The van der Waals surface area contributed by atoms with E-state index < -0.39 is 21.7 Å². The van der Waals surface area contributed by atoms with E-state index in [1.165, 1.54) is 9.80 Å². The van der Waals surface area contributed by atoms with Gasteiger partial charge in [-0.05, 0) is 12.3 Å². The van der Waals surface area contributed by atoms with Crippen molar-refractivity contribution in [2.24, 2.45) is 11.8 Å². The van der Waals surface area contributed by atoms with Gasteiger partial charge in [-0.25, -0.2) is 13.2 Å². The first-order valence-electron chi connectivity index (χ1n) is 6.66. The molecule has 7 nitrogen and oxygen atoms in total. The molecule has 0 radical (unpaired) electrons. The minimum Gasteiger partial charge on any atom is -0.481 e. The van der Waals surface area contributed by atoms with Crippen LogP contribution >= 0.6 is 0 Å². The molecule has 0 aromatic rings. The molecule has 2 aliphatic heterocycles. The van der Waals surface area contributed by atoms with Gasteiger partial charge in [-0.2, -0.15) is 0 Å². The predicted molar refractivity (Wildman–Crippen MR) is 72.1 cm³/mol. The number of carbonyl (C=O) groups is 2. The summed E-state index contributed by atoms with van der Waals surface area (Å²) in [5.74, 6) is -1.40. The van der Waals surface area contributed by atoms with E-state index in [1.807, 2.05) is 6.92 Å². The number of hydrogen-bond donors (Lipinski definition) is 1. The molecule has 2 fully saturated rings. The van der Waals surface area contributed by atoms with Crippen LogP contribution in [0.4, 0.5) is 4.79 Å². The van der Waals surface area contributed by atoms with Gasteiger partial charge in [0.2, 0.25) is 0 Å². The Hall–Kier alpha value is -1.31. The topological polar surface area (TPSA) is 95.0 Å². The lowest BCUT2D eigenvalue weighted by molar-refractivity contribution is -0.142. The lowest BCUT2D eigenvalue weighted by Gasteiger charge is -2.28. The summed E-state index contributed by atoms with van der Waals surface area (Å²) in [6.07, 6.45) is 0.455. The number of urea groups is 1. The summed E-state index contributed by atoms with van der Waals surface area (Å²) < 4.78 is 22.9. The van der Waals surface area contributed by atoms with Gasteiger partial charge in [0.05, 0.1) is 17.4 Å². The molecule has 8 heteroatoms. The maximum absolute atomic E-state index is 12.3. The van der Waals surface area contributed by atoms with Crippen LogP contribution in [0.25, 0.3) is 0 Å². The van der Waals surface area contributed by atoms with Gasteiger partial charge in [0.1, 0.15) is 0 Å². The number of carboxylic acids is 1. The largest absolute Gasteiger partial charge is 0.481 e. The molecule has 2 rings (SSSR count). The number of sulfone groups is 1. The Morgan fingerprint density at radius 3 is 2.40 bits per heavy atom. The summed E-state index contributed by atoms with van der Waals surface area (Å²) >= 11 is 0. The van der Waals surface area contributed by atoms with Crippen molar-refractivity contribution in [3.63, 3.8) is 0 Å². The highest BCUT2D eigenvalue weighted by atomic mass is 32.2. The van der Waals surface area contributed by atoms with E-state index in [1.54, 1.807) is 7.05 Å². The van der Waals surface area contributed by atoms with Crippen LogP contribution in [-0.2, 0) is 14.6 Å². The molecule has 0 aliphatic carbocycles. The molecule has 2 aliphatic rings. The second-order valence-electron chi connectivity index (χ2n) is 5.78. The monoisotopic (exact) mass is 304 g/mol. The minimum absolute atomic E-state index is 0.000985. The van der Waals surface area contributed by atoms with Crippen LogP contribution in [-0.4, -0.2) is 73.0 Å². The van der Waals surface area contributed by atoms with Gasteiger partial charge in [0.25, 0.3) is 0 Å². The van der Waals surface area contributed by atoms with Crippen molar-refractivity contribution >= 4 is 21.8 Å². The Balaban J connectivity index is 2.00. The number of rotatable bonds is 2. The third-order valence-electron chi connectivity index (χ3n) is 4.26. The van der Waals surface area contributed by atoms with Crippen molar-refractivity contribution in [3.8, 4) is 0 Å². The summed E-state index contributed by atoms with van der Waals surface area (Å²) in [6.45, 7) is 2.41. The van der Waals surface area contributed by atoms with E-state index >= 15 is 0 Å². The Morgan fingerprint density at radius 1 is 1.30 bits per heavy atom. The molecule has 0 spiro atoms. The maximum atomic E-state index is 12.3. The predicted octanol–water partition coefficient (Wildman–Crippen LogP) is -0.122. The SMILES string of the molecule is CC1CN(C(=O)N(C)C2CCS(=O)(=O)C2)CC1C(=O)O. The average molecular weight is 304 g/mol. The van der Waals surface area contributed by atoms with Gasteiger partial charge >= 0.3 is 12.0 Å². The highest BCUT2D eigenvalue weighted by molar-refractivity contribution is 7.91. The van der Waals surface area contributed by atoms with Gasteiger partial charge in [-0.15, -0.1) is 0 Å². The standard InChI is InChI=1S/C12H20N2O5S/c1-8-5-14(6-10(8)11(15)16)12(17)13(2)9-3-4-20(18,19)7-9/h8-10H,3-7H2,1-2H3,(H,15,16). The van der Waals surface area contributed by atoms with E-state index in [2.05, 4.69) is 0 Å². The molecule has 114 valence electrons. The number of nitrogens with zero attached hydrogens (tertiary/aromatic N) is 2. The van der Waals surface area contributed by atoms with Crippen molar-refractivity contribution in [3.05, 3.63) is 0 Å². The summed E-state index contributed by atoms with van der Waals surface area (Å²) in [7, 11) is -1.45. The van der Waals surface area contributed by atoms with Crippen LogP contribution in [0.2, 0.25) is 0 Å². The fraction of sp³-hybridized carbons (Fsp3) is 0.833. The third-order valence-corrected chi connectivity index (χ3v) is 6.01. The lowest BCUT2D eigenvalue weighted by Crippen LogP contribution is -2.46. The van der Waals surface area contributed by atoms with Crippen LogP contribution in [0.1, 0.15) is 13.3 Å². The van der Waals surface area contributed by atoms with Crippen LogP contribution < -0.4 is 0 Å². The van der Waals surface area contributed by atoms with E-state index in [9.17, 15) is 18.0 Å². The number of carboxylic acid groups (broad SMARTS) is 1. The smallest absolute Gasteiger partial charge is 0.320 e. The number of likely N-dealkylation sites (tertiary alicyclic amines) is 1. The van der Waals surface area contributed by atoms with Gasteiger partial charge in [-0.1, -0.05) is 6.92 Å². The molecule has 0 aromatic heterocycles. The van der Waals surface area contributed by atoms with Gasteiger partial charge in [0.15, 0.2) is 9.84 Å². The van der Waals surface area contributed by atoms with Crippen molar-refractivity contribution in [2.45, 2.75) is 19.4 Å². The molecule has 2 amide bonds. The van der Waals surface area contributed by atoms with E-state index in [4.69, 9.17) is 5.11 Å². The van der Waals surface area contributed by atoms with Crippen LogP contribution in [0, 0.1) is 11.8 Å². The summed E-state index contributed by atoms with van der Waals surface area (Å²) in [6, 6.07) is -0.575. The van der Waals surface area contributed by atoms with Gasteiger partial charge in [-0.3, -0.25) is 4.79 Å². The summed E-state index contributed by atoms with van der Waals surface area (Å²) in [5.41, 5.74) is 0. The quantitative estimate of drug-likeness (QED) is 0.767. The molecule has 0 bridgehead atoms. The van der Waals surface area contributed by atoms with Crippen LogP contribution in [0.5, 0.6) is 0 Å². The highest BCUT2D eigenvalue weighted by Crippen LogP contribution is 2.25. The minimum atomic E-state index is -3.04. The zero-order chi connectivity index (χ0) is 15.1. The van der Waals surface area contributed by atoms with E-state index in [0.717, 1.165) is 0 Å². The molecule has 2 heterocycles. The molecule has 2 saturated heterocycles. The second kappa shape index (κ2) is 5.23. The number of carbonyl (C=O) groups excluding carboxylic acids is 1. The maximum Gasteiger partial charge on any atom is 0.320 e. The van der Waals surface area contributed by atoms with Crippen molar-refractivity contribution < 1.29 is 23.1 Å². The number of aliphatic carboxylic acids is 1. The first-order valence-corrected chi connectivity index (χ1v) is 8.48. The average Bonchev–Trinajstić information content (AvgIpc) is 2.90. The Labute approximate surface area is 118 Å². The number of hydrogen-bond acceptors (Lipinski definition) is 4. The fourth-order valence-electron chi connectivity index (χ4n) is 2.90. The molecule has 3 unspecified atom stereocenters. The summed E-state index contributed by atoms with van der Waals surface area (Å²) in [4.78, 5) is 26.3. The molecule has 1 N–H and O–H groups in total. The zero-order valence-corrected chi connectivity index (χ0v) is 12.5. The van der Waals surface area contributed by atoms with Crippen molar-refractivity contribution in [2.75, 3.05) is 31.6 Å². The third kappa shape index (κ3) is 2.89. The van der Waals surface area contributed by atoms with Gasteiger partial charge < -0.3 is 14.9 Å². The fourth-order valence-corrected chi connectivity index (χ4v) is 4.68. The Bertz CT molecular complexity index is 518. The normalized spacial score (nSPS) is 32.3. The molecule has 20 heavy (non-hydrogen) atoms. The summed E-state index contributed by atoms with van der Waals surface area (Å²) in [5, 5.41) is 9.07. The highest BCUT2D eigenvalue weighted by Gasteiger charge is 2.40. The molecule has 3 atom stereocenters. The van der Waals surface area contributed by atoms with E-state index in [0.29, 0.717) is 13.0 Å². The molecule has 0 saturated carbocycles. The van der Waals surface area contributed by atoms with Crippen molar-refractivity contribution in [1.82, 2.24) is 9.80 Å². The number of amides is 2. The zero-order valence-electron chi connectivity index (χ0n) is 11.7. The second-order valence-corrected chi connectivity index (χ2v) is 8.01. The van der Waals surface area contributed by atoms with Crippen LogP contribution in [0.15, 0.2) is 0 Å². The molecular formula is C12H20N2O5S. The van der Waals surface area contributed by atoms with Gasteiger partial charge in [0, 0.05) is 26.2 Å². The Kier molecular flexibility index (Phi) is 3.95. The lowest BCUT2D eigenvalue weighted by atomic mass is 9.99.